The number of carbonyl (C=O) groups excluding carboxylic acids is 3. The molecule has 1 atom stereocenters. The van der Waals surface area contributed by atoms with E-state index in [9.17, 15) is 18.8 Å². The van der Waals surface area contributed by atoms with Crippen molar-refractivity contribution in [3.05, 3.63) is 71.0 Å². The minimum atomic E-state index is -1.22. The first-order valence-corrected chi connectivity index (χ1v) is 11.1. The first-order valence-electron chi connectivity index (χ1n) is 11.1. The topological polar surface area (TPSA) is 69.7 Å². The molecule has 0 spiro atoms. The van der Waals surface area contributed by atoms with Gasteiger partial charge in [0.05, 0.1) is 0 Å². The summed E-state index contributed by atoms with van der Waals surface area (Å²) in [7, 11) is 0. The Hall–Kier alpha value is -3.22. The molecular formula is C25H28FN3O3. The summed E-state index contributed by atoms with van der Waals surface area (Å²) in [5.74, 6) is -1.19. The zero-order chi connectivity index (χ0) is 22.9. The lowest BCUT2D eigenvalue weighted by Crippen LogP contribution is -2.45. The minimum absolute atomic E-state index is 0.0142. The second kappa shape index (κ2) is 8.73. The van der Waals surface area contributed by atoms with E-state index in [-0.39, 0.29) is 30.9 Å². The number of amides is 4. The molecule has 1 heterocycles. The molecule has 32 heavy (non-hydrogen) atoms. The van der Waals surface area contributed by atoms with Crippen molar-refractivity contribution in [2.24, 2.45) is 0 Å². The summed E-state index contributed by atoms with van der Waals surface area (Å²) in [6, 6.07) is 13.4. The van der Waals surface area contributed by atoms with Gasteiger partial charge in [-0.2, -0.15) is 0 Å². The van der Waals surface area contributed by atoms with Crippen LogP contribution in [0.2, 0.25) is 0 Å². The van der Waals surface area contributed by atoms with Gasteiger partial charge in [0.25, 0.3) is 5.91 Å². The van der Waals surface area contributed by atoms with Gasteiger partial charge in [-0.1, -0.05) is 55.8 Å². The Morgan fingerprint density at radius 3 is 2.47 bits per heavy atom. The molecule has 2 aliphatic rings. The Balaban J connectivity index is 1.49. The lowest BCUT2D eigenvalue weighted by Gasteiger charge is -2.26. The number of rotatable bonds is 8. The van der Waals surface area contributed by atoms with Crippen LogP contribution < -0.4 is 5.32 Å². The monoisotopic (exact) mass is 437 g/mol. The average Bonchev–Trinajstić information content (AvgIpc) is 3.58. The van der Waals surface area contributed by atoms with Crippen molar-refractivity contribution in [3.8, 4) is 0 Å². The molecule has 1 aliphatic carbocycles. The van der Waals surface area contributed by atoms with E-state index in [4.69, 9.17) is 0 Å². The van der Waals surface area contributed by atoms with Crippen LogP contribution in [0.25, 0.3) is 0 Å². The molecule has 0 bridgehead atoms. The normalized spacial score (nSPS) is 20.4. The van der Waals surface area contributed by atoms with Crippen molar-refractivity contribution in [2.45, 2.75) is 57.7 Å². The zero-order valence-electron chi connectivity index (χ0n) is 18.4. The number of halogens is 1. The highest BCUT2D eigenvalue weighted by Crippen LogP contribution is 2.31. The van der Waals surface area contributed by atoms with Crippen LogP contribution >= 0.6 is 0 Å². The smallest absolute Gasteiger partial charge is 0.325 e. The van der Waals surface area contributed by atoms with Gasteiger partial charge in [-0.15, -0.1) is 0 Å². The second-order valence-electron chi connectivity index (χ2n) is 8.74. The highest BCUT2D eigenvalue weighted by Gasteiger charge is 2.50. The third-order valence-corrected chi connectivity index (χ3v) is 6.24. The largest absolute Gasteiger partial charge is 0.334 e. The zero-order valence-corrected chi connectivity index (χ0v) is 18.4. The second-order valence-corrected chi connectivity index (χ2v) is 8.74. The van der Waals surface area contributed by atoms with E-state index in [2.05, 4.69) is 12.2 Å². The van der Waals surface area contributed by atoms with E-state index < -0.39 is 17.5 Å². The fraction of sp³-hybridized carbons (Fsp3) is 0.400. The lowest BCUT2D eigenvalue weighted by molar-refractivity contribution is -0.139. The van der Waals surface area contributed by atoms with Gasteiger partial charge < -0.3 is 10.2 Å². The maximum Gasteiger partial charge on any atom is 0.325 e. The van der Waals surface area contributed by atoms with Gasteiger partial charge in [-0.05, 0) is 43.4 Å². The lowest BCUT2D eigenvalue weighted by atomic mass is 9.91. The highest BCUT2D eigenvalue weighted by molar-refractivity contribution is 6.09. The molecule has 4 rings (SSSR count). The van der Waals surface area contributed by atoms with E-state index in [0.717, 1.165) is 36.1 Å². The number of hydrogen-bond donors (Lipinski definition) is 1. The van der Waals surface area contributed by atoms with Crippen molar-refractivity contribution in [1.29, 1.82) is 0 Å². The van der Waals surface area contributed by atoms with E-state index in [1.54, 1.807) is 30.0 Å². The molecule has 1 aliphatic heterocycles. The quantitative estimate of drug-likeness (QED) is 0.640. The summed E-state index contributed by atoms with van der Waals surface area (Å²) >= 11 is 0. The summed E-state index contributed by atoms with van der Waals surface area (Å²) in [6.07, 6.45) is 3.63. The van der Waals surface area contributed by atoms with E-state index in [1.807, 2.05) is 24.3 Å². The van der Waals surface area contributed by atoms with E-state index in [0.29, 0.717) is 11.1 Å². The third-order valence-electron chi connectivity index (χ3n) is 6.24. The number of hydrogen-bond acceptors (Lipinski definition) is 3. The standard InChI is InChI=1S/C25H28FN3O3/c1-3-6-17-9-11-19(12-10-17)25(2)23(31)29(24(32)27-25)16-22(30)28(20-13-14-20)15-18-7-4-5-8-21(18)26/h4-5,7-12,20H,3,6,13-16H2,1-2H3,(H,27,32). The van der Waals surface area contributed by atoms with E-state index >= 15 is 0 Å². The first kappa shape index (κ1) is 22.0. The molecule has 6 nitrogen and oxygen atoms in total. The summed E-state index contributed by atoms with van der Waals surface area (Å²) in [5, 5.41) is 2.75. The summed E-state index contributed by atoms with van der Waals surface area (Å²) in [6.45, 7) is 3.52. The summed E-state index contributed by atoms with van der Waals surface area (Å²) in [5.41, 5.74) is 1.04. The summed E-state index contributed by atoms with van der Waals surface area (Å²) < 4.78 is 14.1. The van der Waals surface area contributed by atoms with Gasteiger partial charge in [-0.3, -0.25) is 14.5 Å². The van der Waals surface area contributed by atoms with Gasteiger partial charge in [0, 0.05) is 18.2 Å². The molecule has 7 heteroatoms. The third kappa shape index (κ3) is 4.24. The van der Waals surface area contributed by atoms with Gasteiger partial charge >= 0.3 is 6.03 Å². The van der Waals surface area contributed by atoms with Crippen LogP contribution in [0.4, 0.5) is 9.18 Å². The van der Waals surface area contributed by atoms with Crippen LogP contribution in [0, 0.1) is 5.82 Å². The van der Waals surface area contributed by atoms with Crippen molar-refractivity contribution >= 4 is 17.8 Å². The number of aryl methyl sites for hydroxylation is 1. The average molecular weight is 438 g/mol. The fourth-order valence-electron chi connectivity index (χ4n) is 4.17. The highest BCUT2D eigenvalue weighted by atomic mass is 19.1. The molecule has 2 aromatic carbocycles. The predicted octanol–water partition coefficient (Wildman–Crippen LogP) is 3.74. The maximum atomic E-state index is 14.1. The van der Waals surface area contributed by atoms with Crippen LogP contribution in [0.1, 0.15) is 49.8 Å². The molecule has 1 N–H and O–H groups in total. The molecule has 1 unspecified atom stereocenters. The number of carbonyl (C=O) groups is 3. The molecule has 1 saturated carbocycles. The number of benzene rings is 2. The molecule has 168 valence electrons. The van der Waals surface area contributed by atoms with Gasteiger partial charge in [0.2, 0.25) is 5.91 Å². The maximum absolute atomic E-state index is 14.1. The van der Waals surface area contributed by atoms with Crippen LogP contribution in [-0.4, -0.2) is 40.2 Å². The van der Waals surface area contributed by atoms with Crippen LogP contribution in [0.15, 0.2) is 48.5 Å². The predicted molar refractivity (Wildman–Crippen MR) is 118 cm³/mol. The molecule has 1 saturated heterocycles. The molecule has 2 aromatic rings. The Labute approximate surface area is 187 Å². The summed E-state index contributed by atoms with van der Waals surface area (Å²) in [4.78, 5) is 41.5. The Morgan fingerprint density at radius 1 is 1.16 bits per heavy atom. The molecule has 0 radical (unpaired) electrons. The molecule has 0 aromatic heterocycles. The van der Waals surface area contributed by atoms with Crippen molar-refractivity contribution in [2.75, 3.05) is 6.54 Å². The van der Waals surface area contributed by atoms with Crippen LogP contribution in [-0.2, 0) is 28.1 Å². The van der Waals surface area contributed by atoms with Crippen LogP contribution in [0.5, 0.6) is 0 Å². The van der Waals surface area contributed by atoms with Crippen molar-refractivity contribution < 1.29 is 18.8 Å². The van der Waals surface area contributed by atoms with Gasteiger partial charge in [-0.25, -0.2) is 9.18 Å². The number of nitrogens with zero attached hydrogens (tertiary/aromatic N) is 2. The Bertz CT molecular complexity index is 1030. The molecule has 4 amide bonds. The minimum Gasteiger partial charge on any atom is -0.334 e. The van der Waals surface area contributed by atoms with Gasteiger partial charge in [0.1, 0.15) is 17.9 Å². The first-order chi connectivity index (χ1) is 15.3. The molecule has 2 fully saturated rings. The fourth-order valence-corrected chi connectivity index (χ4v) is 4.17. The van der Waals surface area contributed by atoms with Crippen molar-refractivity contribution in [3.63, 3.8) is 0 Å². The molecular weight excluding hydrogens is 409 g/mol. The van der Waals surface area contributed by atoms with Gasteiger partial charge in [0.15, 0.2) is 0 Å². The Morgan fingerprint density at radius 2 is 1.84 bits per heavy atom. The number of imide groups is 1. The van der Waals surface area contributed by atoms with E-state index in [1.165, 1.54) is 6.07 Å². The van der Waals surface area contributed by atoms with Crippen LogP contribution in [0.3, 0.4) is 0 Å². The van der Waals surface area contributed by atoms with Crippen molar-refractivity contribution in [1.82, 2.24) is 15.1 Å². The number of urea groups is 1. The number of nitrogens with one attached hydrogen (secondary N) is 1. The Kier molecular flexibility index (Phi) is 6.00. The SMILES string of the molecule is CCCc1ccc(C2(C)NC(=O)N(CC(=O)N(Cc3ccccc3F)C3CC3)C2=O)cc1.